The van der Waals surface area contributed by atoms with E-state index in [1.807, 2.05) is 24.3 Å². The van der Waals surface area contributed by atoms with Crippen LogP contribution in [0.15, 0.2) is 62.8 Å². The molecule has 1 heterocycles. The maximum absolute atomic E-state index is 12.1. The van der Waals surface area contributed by atoms with Gasteiger partial charge in [0.25, 0.3) is 5.91 Å². The summed E-state index contributed by atoms with van der Waals surface area (Å²) in [6, 6.07) is 12.4. The van der Waals surface area contributed by atoms with E-state index in [4.69, 9.17) is 32.5 Å². The summed E-state index contributed by atoms with van der Waals surface area (Å²) in [7, 11) is 0. The minimum Gasteiger partial charge on any atom is -0.481 e. The second-order valence-electron chi connectivity index (χ2n) is 5.67. The molecular formula is C19H14BrCl2N3O3. The number of rotatable bonds is 6. The van der Waals surface area contributed by atoms with E-state index in [1.54, 1.807) is 19.1 Å². The van der Waals surface area contributed by atoms with E-state index < -0.39 is 5.91 Å². The molecule has 0 bridgehead atoms. The maximum Gasteiger partial charge on any atom is 0.277 e. The summed E-state index contributed by atoms with van der Waals surface area (Å²) in [6.45, 7) is 1.50. The first-order valence-corrected chi connectivity index (χ1v) is 9.61. The fraction of sp³-hybridized carbons (Fsp3) is 0.105. The molecule has 0 atom stereocenters. The van der Waals surface area contributed by atoms with Gasteiger partial charge < -0.3 is 9.26 Å². The highest BCUT2D eigenvalue weighted by atomic mass is 79.9. The van der Waals surface area contributed by atoms with Gasteiger partial charge in [0.05, 0.1) is 22.5 Å². The number of aromatic nitrogens is 1. The van der Waals surface area contributed by atoms with Crippen molar-refractivity contribution < 1.29 is 14.1 Å². The second kappa shape index (κ2) is 9.23. The molecule has 0 spiro atoms. The molecule has 1 aromatic heterocycles. The topological polar surface area (TPSA) is 76.7 Å². The van der Waals surface area contributed by atoms with Gasteiger partial charge in [0.15, 0.2) is 12.4 Å². The third kappa shape index (κ3) is 5.13. The Morgan fingerprint density at radius 2 is 2.00 bits per heavy atom. The minimum absolute atomic E-state index is 0.251. The molecule has 3 rings (SSSR count). The summed E-state index contributed by atoms with van der Waals surface area (Å²) in [5.41, 5.74) is 4.50. The third-order valence-electron chi connectivity index (χ3n) is 3.67. The van der Waals surface area contributed by atoms with E-state index in [2.05, 4.69) is 31.6 Å². The van der Waals surface area contributed by atoms with E-state index >= 15 is 0 Å². The van der Waals surface area contributed by atoms with Crippen molar-refractivity contribution in [3.63, 3.8) is 0 Å². The molecule has 0 unspecified atom stereocenters. The number of nitrogens with one attached hydrogen (secondary N) is 1. The van der Waals surface area contributed by atoms with Crippen LogP contribution < -0.4 is 10.2 Å². The van der Waals surface area contributed by atoms with E-state index in [1.165, 1.54) is 12.3 Å². The van der Waals surface area contributed by atoms with Crippen molar-refractivity contribution >= 4 is 50.8 Å². The summed E-state index contributed by atoms with van der Waals surface area (Å²) in [6.07, 6.45) is 1.49. The highest BCUT2D eigenvalue weighted by Crippen LogP contribution is 2.38. The Morgan fingerprint density at radius 3 is 2.68 bits per heavy atom. The number of carbonyl (C=O) groups excluding carboxylic acids is 1. The minimum atomic E-state index is -0.439. The molecule has 0 aliphatic carbocycles. The van der Waals surface area contributed by atoms with Crippen LogP contribution in [0.25, 0.3) is 11.3 Å². The molecule has 3 aromatic rings. The van der Waals surface area contributed by atoms with E-state index in [0.717, 1.165) is 10.0 Å². The van der Waals surface area contributed by atoms with Crippen LogP contribution in [0.3, 0.4) is 0 Å². The van der Waals surface area contributed by atoms with Crippen molar-refractivity contribution in [3.8, 4) is 17.1 Å². The average molecular weight is 483 g/mol. The zero-order valence-electron chi connectivity index (χ0n) is 14.6. The van der Waals surface area contributed by atoms with E-state index in [9.17, 15) is 4.79 Å². The van der Waals surface area contributed by atoms with Gasteiger partial charge in [-0.15, -0.1) is 0 Å². The fourth-order valence-electron chi connectivity index (χ4n) is 2.32. The number of amides is 1. The fourth-order valence-corrected chi connectivity index (χ4v) is 3.13. The largest absolute Gasteiger partial charge is 0.481 e. The Balaban J connectivity index is 1.68. The maximum atomic E-state index is 12.1. The lowest BCUT2D eigenvalue weighted by Crippen LogP contribution is -2.25. The molecular weight excluding hydrogens is 469 g/mol. The monoisotopic (exact) mass is 481 g/mol. The van der Waals surface area contributed by atoms with Gasteiger partial charge in [0.1, 0.15) is 5.75 Å². The zero-order valence-corrected chi connectivity index (χ0v) is 17.7. The number of hydrogen-bond donors (Lipinski definition) is 1. The predicted molar refractivity (Wildman–Crippen MR) is 112 cm³/mol. The van der Waals surface area contributed by atoms with Crippen LogP contribution in [-0.2, 0) is 4.79 Å². The zero-order chi connectivity index (χ0) is 20.1. The third-order valence-corrected chi connectivity index (χ3v) is 4.70. The summed E-state index contributed by atoms with van der Waals surface area (Å²) >= 11 is 15.6. The van der Waals surface area contributed by atoms with Gasteiger partial charge in [-0.3, -0.25) is 4.79 Å². The molecule has 1 amide bonds. The van der Waals surface area contributed by atoms with E-state index in [0.29, 0.717) is 22.1 Å². The molecule has 1 N–H and O–H groups in total. The van der Waals surface area contributed by atoms with Gasteiger partial charge in [-0.2, -0.15) is 5.10 Å². The standard InChI is InChI=1S/C19H14BrCl2N3O3/c1-11(12-2-4-13(20)5-3-12)24-25-18(26)10-27-19-15(17-6-7-23-28-17)8-14(21)9-16(19)22/h2-9H,10H2,1H3,(H,25,26)/b24-11-. The van der Waals surface area contributed by atoms with Gasteiger partial charge in [-0.1, -0.05) is 56.4 Å². The normalized spacial score (nSPS) is 11.4. The highest BCUT2D eigenvalue weighted by Gasteiger charge is 2.16. The van der Waals surface area contributed by atoms with E-state index in [-0.39, 0.29) is 17.4 Å². The number of ether oxygens (including phenoxy) is 1. The smallest absolute Gasteiger partial charge is 0.277 e. The lowest BCUT2D eigenvalue weighted by atomic mass is 10.1. The van der Waals surface area contributed by atoms with Gasteiger partial charge in [0, 0.05) is 15.6 Å². The summed E-state index contributed by atoms with van der Waals surface area (Å²) in [5, 5.41) is 8.40. The summed E-state index contributed by atoms with van der Waals surface area (Å²) in [5.74, 6) is 0.251. The van der Waals surface area contributed by atoms with Gasteiger partial charge in [-0.05, 0) is 36.8 Å². The number of carbonyl (C=O) groups is 1. The first kappa shape index (κ1) is 20.4. The van der Waals surface area contributed by atoms with Crippen LogP contribution in [0, 0.1) is 0 Å². The number of benzene rings is 2. The van der Waals surface area contributed by atoms with Crippen LogP contribution >= 0.6 is 39.1 Å². The Labute approximate surface area is 179 Å². The first-order valence-electron chi connectivity index (χ1n) is 8.06. The highest BCUT2D eigenvalue weighted by molar-refractivity contribution is 9.10. The van der Waals surface area contributed by atoms with Crippen LogP contribution in [0.2, 0.25) is 10.0 Å². The lowest BCUT2D eigenvalue weighted by Gasteiger charge is -2.11. The van der Waals surface area contributed by atoms with Crippen LogP contribution in [0.5, 0.6) is 5.75 Å². The molecule has 0 saturated heterocycles. The van der Waals surface area contributed by atoms with Crippen molar-refractivity contribution in [2.75, 3.05) is 6.61 Å². The molecule has 144 valence electrons. The molecule has 28 heavy (non-hydrogen) atoms. The predicted octanol–water partition coefficient (Wildman–Crippen LogP) is 5.33. The Hall–Kier alpha value is -2.35. The Kier molecular flexibility index (Phi) is 6.72. The molecule has 6 nitrogen and oxygen atoms in total. The molecule has 0 aliphatic rings. The molecule has 9 heteroatoms. The molecule has 0 aliphatic heterocycles. The van der Waals surface area contributed by atoms with Crippen molar-refractivity contribution in [2.24, 2.45) is 5.10 Å². The average Bonchev–Trinajstić information content (AvgIpc) is 3.20. The number of nitrogens with zero attached hydrogens (tertiary/aromatic N) is 2. The van der Waals surface area contributed by atoms with Crippen LogP contribution in [-0.4, -0.2) is 23.4 Å². The number of hydrazone groups is 1. The van der Waals surface area contributed by atoms with Crippen molar-refractivity contribution in [2.45, 2.75) is 6.92 Å². The molecule has 0 saturated carbocycles. The Morgan fingerprint density at radius 1 is 1.25 bits per heavy atom. The second-order valence-corrected chi connectivity index (χ2v) is 7.43. The van der Waals surface area contributed by atoms with Gasteiger partial charge >= 0.3 is 0 Å². The van der Waals surface area contributed by atoms with Crippen LogP contribution in [0.4, 0.5) is 0 Å². The van der Waals surface area contributed by atoms with Crippen molar-refractivity contribution in [1.82, 2.24) is 10.6 Å². The SMILES string of the molecule is C/C(=N/NC(=O)COc1c(Cl)cc(Cl)cc1-c1ccno1)c1ccc(Br)cc1. The summed E-state index contributed by atoms with van der Waals surface area (Å²) < 4.78 is 11.7. The van der Waals surface area contributed by atoms with Crippen molar-refractivity contribution in [3.05, 3.63) is 68.7 Å². The van der Waals surface area contributed by atoms with Crippen LogP contribution in [0.1, 0.15) is 12.5 Å². The number of hydrogen-bond acceptors (Lipinski definition) is 5. The molecule has 0 radical (unpaired) electrons. The van der Waals surface area contributed by atoms with Crippen molar-refractivity contribution in [1.29, 1.82) is 0 Å². The van der Waals surface area contributed by atoms with Gasteiger partial charge in [-0.25, -0.2) is 5.43 Å². The number of halogens is 3. The lowest BCUT2D eigenvalue weighted by molar-refractivity contribution is -0.123. The molecule has 2 aromatic carbocycles. The quantitative estimate of drug-likeness (QED) is 0.380. The first-order chi connectivity index (χ1) is 13.4. The summed E-state index contributed by atoms with van der Waals surface area (Å²) in [4.78, 5) is 12.1. The Bertz CT molecular complexity index is 1010. The van der Waals surface area contributed by atoms with Gasteiger partial charge in [0.2, 0.25) is 0 Å². The molecule has 0 fully saturated rings.